The van der Waals surface area contributed by atoms with Crippen molar-refractivity contribution in [3.63, 3.8) is 0 Å². The fourth-order valence-electron chi connectivity index (χ4n) is 3.02. The van der Waals surface area contributed by atoms with Gasteiger partial charge in [-0.15, -0.1) is 5.10 Å². The summed E-state index contributed by atoms with van der Waals surface area (Å²) < 4.78 is 7.45. The number of hydrogen-bond acceptors (Lipinski definition) is 6. The van der Waals surface area contributed by atoms with E-state index in [1.54, 1.807) is 23.4 Å². The van der Waals surface area contributed by atoms with Crippen LogP contribution >= 0.6 is 0 Å². The fourth-order valence-corrected chi connectivity index (χ4v) is 3.02. The van der Waals surface area contributed by atoms with E-state index in [-0.39, 0.29) is 0 Å². The molecule has 0 N–H and O–H groups in total. The minimum absolute atomic E-state index is 0.576. The van der Waals surface area contributed by atoms with Crippen LogP contribution in [0.2, 0.25) is 0 Å². The van der Waals surface area contributed by atoms with Gasteiger partial charge in [-0.3, -0.25) is 4.98 Å². The van der Waals surface area contributed by atoms with Gasteiger partial charge in [-0.1, -0.05) is 25.0 Å². The van der Waals surface area contributed by atoms with E-state index in [1.165, 1.54) is 25.7 Å². The maximum atomic E-state index is 5.84. The molecule has 2 heterocycles. The third-order valence-electron chi connectivity index (χ3n) is 4.31. The Morgan fingerprint density at radius 2 is 2.08 bits per heavy atom. The molecule has 3 aromatic rings. The average molecular weight is 322 g/mol. The smallest absolute Gasteiger partial charge is 0.232 e. The molecule has 7 nitrogen and oxygen atoms in total. The van der Waals surface area contributed by atoms with Crippen LogP contribution in [-0.4, -0.2) is 36.8 Å². The van der Waals surface area contributed by atoms with Crippen molar-refractivity contribution in [3.05, 3.63) is 43.0 Å². The van der Waals surface area contributed by atoms with Crippen LogP contribution in [0, 0.1) is 5.92 Å². The lowest BCUT2D eigenvalue weighted by Gasteiger charge is -2.11. The van der Waals surface area contributed by atoms with Gasteiger partial charge in [-0.2, -0.15) is 0 Å². The fraction of sp³-hybridized carbons (Fsp3) is 0.353. The lowest BCUT2D eigenvalue weighted by Crippen LogP contribution is -2.09. The summed E-state index contributed by atoms with van der Waals surface area (Å²) in [6, 6.07) is 7.84. The van der Waals surface area contributed by atoms with Crippen LogP contribution in [0.25, 0.3) is 16.9 Å². The van der Waals surface area contributed by atoms with Gasteiger partial charge in [0.1, 0.15) is 6.33 Å². The van der Waals surface area contributed by atoms with E-state index in [2.05, 4.69) is 25.5 Å². The van der Waals surface area contributed by atoms with Gasteiger partial charge in [0.25, 0.3) is 0 Å². The lowest BCUT2D eigenvalue weighted by molar-refractivity contribution is 0.243. The number of benzene rings is 1. The van der Waals surface area contributed by atoms with Crippen LogP contribution in [-0.2, 0) is 0 Å². The first-order chi connectivity index (χ1) is 11.9. The zero-order chi connectivity index (χ0) is 16.2. The number of tetrazole rings is 1. The second-order valence-electron chi connectivity index (χ2n) is 6.01. The number of aromatic nitrogens is 6. The third-order valence-corrected chi connectivity index (χ3v) is 4.31. The first kappa shape index (κ1) is 14.7. The highest BCUT2D eigenvalue weighted by molar-refractivity contribution is 5.61. The Morgan fingerprint density at radius 1 is 1.17 bits per heavy atom. The second kappa shape index (κ2) is 6.74. The molecule has 2 aromatic heterocycles. The lowest BCUT2D eigenvalue weighted by atomic mass is 10.1. The minimum Gasteiger partial charge on any atom is -0.476 e. The zero-order valence-corrected chi connectivity index (χ0v) is 13.2. The molecular formula is C17H18N6O. The molecule has 0 saturated heterocycles. The van der Waals surface area contributed by atoms with E-state index in [0.717, 1.165) is 23.6 Å². The Balaban J connectivity index is 1.53. The van der Waals surface area contributed by atoms with Crippen molar-refractivity contribution in [1.29, 1.82) is 0 Å². The predicted octanol–water partition coefficient (Wildman–Crippen LogP) is 2.69. The molecule has 1 saturated carbocycles. The second-order valence-corrected chi connectivity index (χ2v) is 6.01. The van der Waals surface area contributed by atoms with Crippen LogP contribution in [0.1, 0.15) is 25.7 Å². The molecule has 0 radical (unpaired) electrons. The highest BCUT2D eigenvalue weighted by Crippen LogP contribution is 2.26. The quantitative estimate of drug-likeness (QED) is 0.718. The van der Waals surface area contributed by atoms with E-state index in [0.29, 0.717) is 11.8 Å². The largest absolute Gasteiger partial charge is 0.476 e. The van der Waals surface area contributed by atoms with Gasteiger partial charge in [0.05, 0.1) is 30.4 Å². The topological polar surface area (TPSA) is 78.6 Å². The molecule has 0 unspecified atom stereocenters. The summed E-state index contributed by atoms with van der Waals surface area (Å²) in [4.78, 5) is 8.84. The maximum absolute atomic E-state index is 5.84. The number of hydrogen-bond donors (Lipinski definition) is 0. The van der Waals surface area contributed by atoms with Gasteiger partial charge >= 0.3 is 0 Å². The molecule has 7 heteroatoms. The van der Waals surface area contributed by atoms with Crippen molar-refractivity contribution in [3.8, 4) is 22.8 Å². The first-order valence-corrected chi connectivity index (χ1v) is 8.17. The van der Waals surface area contributed by atoms with Gasteiger partial charge in [0.2, 0.25) is 5.88 Å². The summed E-state index contributed by atoms with van der Waals surface area (Å²) in [6.45, 7) is 0.725. The summed E-state index contributed by atoms with van der Waals surface area (Å²) in [5.41, 5.74) is 2.59. The van der Waals surface area contributed by atoms with E-state index in [9.17, 15) is 0 Å². The first-order valence-electron chi connectivity index (χ1n) is 8.17. The van der Waals surface area contributed by atoms with Crippen molar-refractivity contribution >= 4 is 0 Å². The van der Waals surface area contributed by atoms with Crippen LogP contribution in [0.5, 0.6) is 5.88 Å². The summed E-state index contributed by atoms with van der Waals surface area (Å²) in [5, 5.41) is 11.2. The number of nitrogens with zero attached hydrogens (tertiary/aromatic N) is 6. The van der Waals surface area contributed by atoms with Crippen LogP contribution < -0.4 is 4.74 Å². The van der Waals surface area contributed by atoms with Crippen LogP contribution in [0.3, 0.4) is 0 Å². The highest BCUT2D eigenvalue weighted by Gasteiger charge is 2.16. The monoisotopic (exact) mass is 322 g/mol. The predicted molar refractivity (Wildman–Crippen MR) is 87.6 cm³/mol. The van der Waals surface area contributed by atoms with Gasteiger partial charge in [-0.25, -0.2) is 9.67 Å². The molecule has 0 atom stereocenters. The Labute approximate surface area is 139 Å². The van der Waals surface area contributed by atoms with E-state index < -0.39 is 0 Å². The molecule has 0 amide bonds. The summed E-state index contributed by atoms with van der Waals surface area (Å²) in [7, 11) is 0. The molecule has 1 fully saturated rings. The number of ether oxygens (including phenoxy) is 1. The summed E-state index contributed by atoms with van der Waals surface area (Å²) in [6.07, 6.45) is 10.1. The van der Waals surface area contributed by atoms with Gasteiger partial charge in [-0.05, 0) is 41.3 Å². The van der Waals surface area contributed by atoms with Crippen molar-refractivity contribution in [2.75, 3.05) is 6.61 Å². The van der Waals surface area contributed by atoms with E-state index in [4.69, 9.17) is 4.74 Å². The summed E-state index contributed by atoms with van der Waals surface area (Å²) in [5.74, 6) is 1.23. The van der Waals surface area contributed by atoms with Crippen molar-refractivity contribution in [2.24, 2.45) is 5.92 Å². The highest BCUT2D eigenvalue weighted by atomic mass is 16.5. The molecule has 122 valence electrons. The van der Waals surface area contributed by atoms with Gasteiger partial charge < -0.3 is 4.74 Å². The van der Waals surface area contributed by atoms with Crippen molar-refractivity contribution < 1.29 is 4.74 Å². The maximum Gasteiger partial charge on any atom is 0.232 e. The average Bonchev–Trinajstić information content (AvgIpc) is 3.34. The van der Waals surface area contributed by atoms with Crippen LogP contribution in [0.15, 0.2) is 43.0 Å². The van der Waals surface area contributed by atoms with Gasteiger partial charge in [0, 0.05) is 5.56 Å². The number of rotatable bonds is 5. The molecule has 1 aromatic carbocycles. The molecular weight excluding hydrogens is 304 g/mol. The Bertz CT molecular complexity index is 798. The van der Waals surface area contributed by atoms with E-state index in [1.807, 2.05) is 24.3 Å². The van der Waals surface area contributed by atoms with Crippen molar-refractivity contribution in [1.82, 2.24) is 30.2 Å². The Hall–Kier alpha value is -2.83. The standard InChI is InChI=1S/C17H18N6O/c1-2-5-13(4-1)11-24-17-10-18-9-16(20-17)14-6-3-7-15(8-14)23-12-19-21-22-23/h3,6-10,12-13H,1-2,4-5,11H2. The zero-order valence-electron chi connectivity index (χ0n) is 13.2. The molecule has 1 aliphatic carbocycles. The molecule has 24 heavy (non-hydrogen) atoms. The minimum atomic E-state index is 0.576. The summed E-state index contributed by atoms with van der Waals surface area (Å²) >= 11 is 0. The Morgan fingerprint density at radius 3 is 2.92 bits per heavy atom. The molecule has 0 aliphatic heterocycles. The van der Waals surface area contributed by atoms with Crippen LogP contribution in [0.4, 0.5) is 0 Å². The SMILES string of the molecule is c1cc(-c2cncc(OCC3CCCC3)n2)cc(-n2cnnn2)c1. The van der Waals surface area contributed by atoms with Gasteiger partial charge in [0.15, 0.2) is 0 Å². The van der Waals surface area contributed by atoms with Crippen molar-refractivity contribution in [2.45, 2.75) is 25.7 Å². The molecule has 0 spiro atoms. The molecule has 0 bridgehead atoms. The van der Waals surface area contributed by atoms with E-state index >= 15 is 0 Å². The normalized spacial score (nSPS) is 14.8. The molecule has 4 rings (SSSR count). The Kier molecular flexibility index (Phi) is 4.14. The third kappa shape index (κ3) is 3.24. The molecule has 1 aliphatic rings.